The molecule has 1 aliphatic carbocycles. The van der Waals surface area contributed by atoms with Crippen LogP contribution in [-0.2, 0) is 5.54 Å². The summed E-state index contributed by atoms with van der Waals surface area (Å²) in [6, 6.07) is 12.7. The van der Waals surface area contributed by atoms with Crippen LogP contribution >= 0.6 is 12.2 Å². The molecule has 2 N–H and O–H groups in total. The summed E-state index contributed by atoms with van der Waals surface area (Å²) >= 11 is 5.56. The fraction of sp³-hybridized carbons (Fsp3) is 0.368. The number of benzene rings is 1. The van der Waals surface area contributed by atoms with Crippen LogP contribution in [-0.4, -0.2) is 10.1 Å². The molecule has 0 spiro atoms. The van der Waals surface area contributed by atoms with Crippen LogP contribution in [0.3, 0.4) is 0 Å². The SMILES string of the molecule is Cc1cccc(C2(NC(=S)Nc3cc(C)ccn3)CCCC2)c1. The lowest BCUT2D eigenvalue weighted by atomic mass is 9.87. The van der Waals surface area contributed by atoms with E-state index in [1.54, 1.807) is 6.20 Å². The molecular formula is C19H23N3S. The Bertz CT molecular complexity index is 705. The molecule has 1 heterocycles. The molecule has 120 valence electrons. The van der Waals surface area contributed by atoms with Crippen LogP contribution in [0.25, 0.3) is 0 Å². The van der Waals surface area contributed by atoms with Crippen molar-refractivity contribution in [2.75, 3.05) is 5.32 Å². The molecule has 0 radical (unpaired) electrons. The van der Waals surface area contributed by atoms with Crippen molar-refractivity contribution in [3.05, 3.63) is 59.3 Å². The lowest BCUT2D eigenvalue weighted by Crippen LogP contribution is -2.45. The van der Waals surface area contributed by atoms with Gasteiger partial charge in [-0.15, -0.1) is 0 Å². The molecule has 4 heteroatoms. The number of nitrogens with zero attached hydrogens (tertiary/aromatic N) is 1. The molecule has 0 unspecified atom stereocenters. The first-order valence-electron chi connectivity index (χ1n) is 8.16. The normalized spacial score (nSPS) is 16.1. The minimum atomic E-state index is -0.0556. The van der Waals surface area contributed by atoms with Crippen LogP contribution in [0.1, 0.15) is 42.4 Å². The highest BCUT2D eigenvalue weighted by atomic mass is 32.1. The molecule has 0 atom stereocenters. The van der Waals surface area contributed by atoms with E-state index in [1.165, 1.54) is 29.5 Å². The number of anilines is 1. The molecule has 1 aromatic heterocycles. The summed E-state index contributed by atoms with van der Waals surface area (Å²) in [5.74, 6) is 0.792. The van der Waals surface area contributed by atoms with Gasteiger partial charge in [0, 0.05) is 6.20 Å². The zero-order valence-electron chi connectivity index (χ0n) is 13.7. The quantitative estimate of drug-likeness (QED) is 0.817. The second-order valence-electron chi connectivity index (χ2n) is 6.46. The Morgan fingerprint density at radius 1 is 1.09 bits per heavy atom. The van der Waals surface area contributed by atoms with Crippen molar-refractivity contribution in [1.82, 2.24) is 10.3 Å². The second kappa shape index (κ2) is 6.67. The summed E-state index contributed by atoms with van der Waals surface area (Å²) in [6.07, 6.45) is 6.48. The van der Waals surface area contributed by atoms with Gasteiger partial charge in [0.2, 0.25) is 0 Å². The van der Waals surface area contributed by atoms with E-state index in [9.17, 15) is 0 Å². The monoisotopic (exact) mass is 325 g/mol. The van der Waals surface area contributed by atoms with E-state index < -0.39 is 0 Å². The van der Waals surface area contributed by atoms with Crippen molar-refractivity contribution in [3.63, 3.8) is 0 Å². The molecule has 2 aromatic rings. The number of hydrogen-bond acceptors (Lipinski definition) is 2. The van der Waals surface area contributed by atoms with Crippen LogP contribution < -0.4 is 10.6 Å². The van der Waals surface area contributed by atoms with Gasteiger partial charge in [0.05, 0.1) is 5.54 Å². The van der Waals surface area contributed by atoms with Gasteiger partial charge in [-0.25, -0.2) is 4.98 Å². The topological polar surface area (TPSA) is 37.0 Å². The van der Waals surface area contributed by atoms with Gasteiger partial charge in [-0.1, -0.05) is 42.7 Å². The predicted molar refractivity (Wildman–Crippen MR) is 99.7 cm³/mol. The largest absolute Gasteiger partial charge is 0.353 e. The van der Waals surface area contributed by atoms with E-state index in [4.69, 9.17) is 12.2 Å². The minimum Gasteiger partial charge on any atom is -0.353 e. The molecule has 1 aliphatic rings. The Labute approximate surface area is 143 Å². The van der Waals surface area contributed by atoms with E-state index in [1.807, 2.05) is 12.1 Å². The predicted octanol–water partition coefficient (Wildman–Crippen LogP) is 4.45. The highest BCUT2D eigenvalue weighted by molar-refractivity contribution is 7.80. The van der Waals surface area contributed by atoms with Gasteiger partial charge >= 0.3 is 0 Å². The number of aromatic nitrogens is 1. The standard InChI is InChI=1S/C19H23N3S/c1-14-6-5-7-16(12-14)19(9-3-4-10-19)22-18(23)21-17-13-15(2)8-11-20-17/h5-8,11-13H,3-4,9-10H2,1-2H3,(H2,20,21,22,23). The maximum Gasteiger partial charge on any atom is 0.172 e. The maximum atomic E-state index is 5.56. The first-order chi connectivity index (χ1) is 11.1. The number of nitrogens with one attached hydrogen (secondary N) is 2. The van der Waals surface area contributed by atoms with Gasteiger partial charge in [-0.3, -0.25) is 0 Å². The zero-order chi connectivity index (χ0) is 16.3. The van der Waals surface area contributed by atoms with E-state index >= 15 is 0 Å². The number of hydrogen-bond donors (Lipinski definition) is 2. The van der Waals surface area contributed by atoms with Crippen LogP contribution in [0.2, 0.25) is 0 Å². The van der Waals surface area contributed by atoms with Crippen LogP contribution in [0, 0.1) is 13.8 Å². The highest BCUT2D eigenvalue weighted by Crippen LogP contribution is 2.39. The maximum absolute atomic E-state index is 5.56. The number of rotatable bonds is 3. The molecule has 1 fully saturated rings. The summed E-state index contributed by atoms with van der Waals surface area (Å²) in [7, 11) is 0. The number of aryl methyl sites for hydroxylation is 2. The number of pyridine rings is 1. The third-order valence-electron chi connectivity index (χ3n) is 4.54. The molecule has 0 bridgehead atoms. The van der Waals surface area contributed by atoms with E-state index in [2.05, 4.69) is 53.7 Å². The van der Waals surface area contributed by atoms with Crippen molar-refractivity contribution in [2.45, 2.75) is 45.1 Å². The third-order valence-corrected chi connectivity index (χ3v) is 4.74. The summed E-state index contributed by atoms with van der Waals surface area (Å²) in [5.41, 5.74) is 3.73. The fourth-order valence-electron chi connectivity index (χ4n) is 3.38. The summed E-state index contributed by atoms with van der Waals surface area (Å²) in [5, 5.41) is 7.46. The van der Waals surface area contributed by atoms with E-state index in [-0.39, 0.29) is 5.54 Å². The van der Waals surface area contributed by atoms with E-state index in [0.717, 1.165) is 18.7 Å². The Morgan fingerprint density at radius 2 is 1.83 bits per heavy atom. The first-order valence-corrected chi connectivity index (χ1v) is 8.57. The summed E-state index contributed by atoms with van der Waals surface area (Å²) in [6.45, 7) is 4.19. The molecule has 0 saturated heterocycles. The first kappa shape index (κ1) is 15.9. The average Bonchev–Trinajstić information content (AvgIpc) is 2.97. The number of thiocarbonyl (C=S) groups is 1. The second-order valence-corrected chi connectivity index (χ2v) is 6.86. The highest BCUT2D eigenvalue weighted by Gasteiger charge is 2.36. The zero-order valence-corrected chi connectivity index (χ0v) is 14.5. The smallest absolute Gasteiger partial charge is 0.172 e. The average molecular weight is 325 g/mol. The van der Waals surface area contributed by atoms with Gasteiger partial charge < -0.3 is 10.6 Å². The fourth-order valence-corrected chi connectivity index (χ4v) is 3.68. The Balaban J connectivity index is 1.78. The van der Waals surface area contributed by atoms with Gasteiger partial charge in [-0.2, -0.15) is 0 Å². The Kier molecular flexibility index (Phi) is 4.62. The lowest BCUT2D eigenvalue weighted by molar-refractivity contribution is 0.408. The van der Waals surface area contributed by atoms with Gasteiger partial charge in [-0.05, 0) is 62.2 Å². The molecule has 23 heavy (non-hydrogen) atoms. The van der Waals surface area contributed by atoms with Crippen molar-refractivity contribution >= 4 is 23.1 Å². The molecule has 3 nitrogen and oxygen atoms in total. The van der Waals surface area contributed by atoms with Crippen LogP contribution in [0.4, 0.5) is 5.82 Å². The Morgan fingerprint density at radius 3 is 2.52 bits per heavy atom. The molecular weight excluding hydrogens is 302 g/mol. The van der Waals surface area contributed by atoms with Crippen molar-refractivity contribution in [2.24, 2.45) is 0 Å². The summed E-state index contributed by atoms with van der Waals surface area (Å²) < 4.78 is 0. The minimum absolute atomic E-state index is 0.0556. The molecule has 1 aromatic carbocycles. The third kappa shape index (κ3) is 3.70. The van der Waals surface area contributed by atoms with Crippen molar-refractivity contribution < 1.29 is 0 Å². The van der Waals surface area contributed by atoms with Gasteiger partial charge in [0.25, 0.3) is 0 Å². The lowest BCUT2D eigenvalue weighted by Gasteiger charge is -2.32. The Hall–Kier alpha value is -1.94. The molecule has 1 saturated carbocycles. The van der Waals surface area contributed by atoms with Crippen LogP contribution in [0.15, 0.2) is 42.6 Å². The molecule has 0 amide bonds. The van der Waals surface area contributed by atoms with Crippen LogP contribution in [0.5, 0.6) is 0 Å². The van der Waals surface area contributed by atoms with E-state index in [0.29, 0.717) is 5.11 Å². The molecule has 3 rings (SSSR count). The van der Waals surface area contributed by atoms with Gasteiger partial charge in [0.1, 0.15) is 5.82 Å². The van der Waals surface area contributed by atoms with Crippen molar-refractivity contribution in [1.29, 1.82) is 0 Å². The molecule has 0 aliphatic heterocycles. The van der Waals surface area contributed by atoms with Crippen molar-refractivity contribution in [3.8, 4) is 0 Å². The summed E-state index contributed by atoms with van der Waals surface area (Å²) in [4.78, 5) is 4.33. The van der Waals surface area contributed by atoms with Gasteiger partial charge in [0.15, 0.2) is 5.11 Å².